The molecule has 0 aliphatic heterocycles. The minimum Gasteiger partial charge on any atom is -0.361 e. The van der Waals surface area contributed by atoms with Crippen molar-refractivity contribution in [1.82, 2.24) is 20.1 Å². The summed E-state index contributed by atoms with van der Waals surface area (Å²) in [6.45, 7) is 3.44. The Balaban J connectivity index is 1.46. The summed E-state index contributed by atoms with van der Waals surface area (Å²) in [5.74, 6) is -0.407. The van der Waals surface area contributed by atoms with E-state index in [1.165, 1.54) is 18.6 Å². The number of halogens is 1. The van der Waals surface area contributed by atoms with Crippen molar-refractivity contribution in [3.8, 4) is 0 Å². The molecule has 2 aromatic carbocycles. The summed E-state index contributed by atoms with van der Waals surface area (Å²) >= 11 is 0. The van der Waals surface area contributed by atoms with E-state index < -0.39 is 0 Å². The number of benzene rings is 2. The molecule has 3 aromatic rings. The van der Waals surface area contributed by atoms with Gasteiger partial charge < -0.3 is 20.1 Å². The minimum atomic E-state index is -0.302. The van der Waals surface area contributed by atoms with Crippen LogP contribution in [0.15, 0.2) is 54.7 Å². The van der Waals surface area contributed by atoms with E-state index in [-0.39, 0.29) is 30.3 Å². The van der Waals surface area contributed by atoms with Gasteiger partial charge in [0.1, 0.15) is 12.4 Å². The highest BCUT2D eigenvalue weighted by molar-refractivity contribution is 5.85. The van der Waals surface area contributed by atoms with Crippen LogP contribution in [0.3, 0.4) is 0 Å². The topological polar surface area (TPSA) is 68.4 Å². The molecule has 0 saturated heterocycles. The molecule has 2 N–H and O–H groups in total. The van der Waals surface area contributed by atoms with Crippen LogP contribution in [0.2, 0.25) is 0 Å². The maximum absolute atomic E-state index is 13.5. The smallest absolute Gasteiger partial charge is 0.318 e. The molecule has 192 valence electrons. The minimum absolute atomic E-state index is 0.0292. The Morgan fingerprint density at radius 3 is 2.50 bits per heavy atom. The number of hydrogen-bond acceptors (Lipinski definition) is 2. The van der Waals surface area contributed by atoms with E-state index in [1.54, 1.807) is 21.9 Å². The van der Waals surface area contributed by atoms with E-state index in [4.69, 9.17) is 0 Å². The number of H-pyrrole nitrogens is 1. The molecular formula is C29H37FN4O2. The average molecular weight is 493 g/mol. The predicted molar refractivity (Wildman–Crippen MR) is 141 cm³/mol. The largest absolute Gasteiger partial charge is 0.361 e. The zero-order chi connectivity index (χ0) is 25.3. The van der Waals surface area contributed by atoms with Gasteiger partial charge >= 0.3 is 6.03 Å². The average Bonchev–Trinajstić information content (AvgIpc) is 3.31. The fourth-order valence-corrected chi connectivity index (χ4v) is 4.99. The first-order valence-electron chi connectivity index (χ1n) is 13.2. The first-order valence-corrected chi connectivity index (χ1v) is 13.2. The summed E-state index contributed by atoms with van der Waals surface area (Å²) in [5, 5.41) is 4.29. The van der Waals surface area contributed by atoms with E-state index in [1.807, 2.05) is 31.3 Å². The Bertz CT molecular complexity index is 1140. The second kappa shape index (κ2) is 12.6. The van der Waals surface area contributed by atoms with E-state index in [2.05, 4.69) is 16.4 Å². The van der Waals surface area contributed by atoms with Gasteiger partial charge in [0.2, 0.25) is 5.91 Å². The monoisotopic (exact) mass is 492 g/mol. The number of fused-ring (bicyclic) bond motifs is 1. The van der Waals surface area contributed by atoms with Crippen molar-refractivity contribution in [2.24, 2.45) is 0 Å². The van der Waals surface area contributed by atoms with E-state index >= 15 is 0 Å². The molecular weight excluding hydrogens is 455 g/mol. The van der Waals surface area contributed by atoms with Gasteiger partial charge in [-0.3, -0.25) is 4.79 Å². The van der Waals surface area contributed by atoms with Crippen LogP contribution in [-0.4, -0.2) is 52.4 Å². The summed E-state index contributed by atoms with van der Waals surface area (Å²) in [5.41, 5.74) is 3.07. The summed E-state index contributed by atoms with van der Waals surface area (Å²) in [4.78, 5) is 33.3. The van der Waals surface area contributed by atoms with Crippen molar-refractivity contribution < 1.29 is 14.0 Å². The van der Waals surface area contributed by atoms with Gasteiger partial charge in [-0.2, -0.15) is 0 Å². The van der Waals surface area contributed by atoms with Gasteiger partial charge in [-0.05, 0) is 55.0 Å². The molecule has 3 amide bonds. The molecule has 0 radical (unpaired) electrons. The summed E-state index contributed by atoms with van der Waals surface area (Å²) < 4.78 is 13.5. The zero-order valence-electron chi connectivity index (χ0n) is 21.1. The molecule has 1 fully saturated rings. The number of nitrogens with one attached hydrogen (secondary N) is 2. The molecule has 1 heterocycles. The van der Waals surface area contributed by atoms with Crippen molar-refractivity contribution in [2.75, 3.05) is 19.6 Å². The first kappa shape index (κ1) is 25.7. The number of aromatic amines is 1. The van der Waals surface area contributed by atoms with Gasteiger partial charge in [-0.1, -0.05) is 56.5 Å². The number of carbonyl (C=O) groups is 2. The number of hydrogen-bond donors (Lipinski definition) is 2. The molecule has 0 spiro atoms. The summed E-state index contributed by atoms with van der Waals surface area (Å²) in [7, 11) is 0. The highest BCUT2D eigenvalue weighted by atomic mass is 19.1. The third-order valence-electron chi connectivity index (χ3n) is 7.01. The number of rotatable bonds is 10. The van der Waals surface area contributed by atoms with Crippen LogP contribution in [0.25, 0.3) is 10.9 Å². The number of urea groups is 1. The Hall–Kier alpha value is -3.35. The molecule has 0 bridgehead atoms. The lowest BCUT2D eigenvalue weighted by Gasteiger charge is -2.30. The second-order valence-electron chi connectivity index (χ2n) is 9.76. The molecule has 7 heteroatoms. The lowest BCUT2D eigenvalue weighted by molar-refractivity contribution is -0.132. The maximum Gasteiger partial charge on any atom is 0.318 e. The van der Waals surface area contributed by atoms with Crippen molar-refractivity contribution in [2.45, 2.75) is 64.5 Å². The number of nitrogens with zero attached hydrogens (tertiary/aromatic N) is 2. The third-order valence-corrected chi connectivity index (χ3v) is 7.01. The van der Waals surface area contributed by atoms with Gasteiger partial charge in [-0.25, -0.2) is 9.18 Å². The highest BCUT2D eigenvalue weighted by Gasteiger charge is 2.24. The Morgan fingerprint density at radius 2 is 1.75 bits per heavy atom. The summed E-state index contributed by atoms with van der Waals surface area (Å²) in [6, 6.07) is 14.4. The first-order chi connectivity index (χ1) is 17.5. The predicted octanol–water partition coefficient (Wildman–Crippen LogP) is 5.63. The van der Waals surface area contributed by atoms with Crippen LogP contribution in [-0.2, 0) is 17.8 Å². The Labute approximate surface area is 212 Å². The SMILES string of the molecule is CCCN(CC(=O)N(CCc1c[nH]c2ccccc12)Cc1ccc(F)cc1)C(=O)NC1CCCCC1. The normalized spacial score (nSPS) is 14.1. The molecule has 1 saturated carbocycles. The molecule has 1 aliphatic rings. The van der Waals surface area contributed by atoms with Crippen LogP contribution < -0.4 is 5.32 Å². The van der Waals surface area contributed by atoms with Gasteiger partial charge in [-0.15, -0.1) is 0 Å². The van der Waals surface area contributed by atoms with Gasteiger partial charge in [0.15, 0.2) is 0 Å². The number of amides is 3. The Morgan fingerprint density at radius 1 is 1.00 bits per heavy atom. The maximum atomic E-state index is 13.5. The lowest BCUT2D eigenvalue weighted by atomic mass is 9.96. The van der Waals surface area contributed by atoms with Gasteiger partial charge in [0, 0.05) is 42.8 Å². The van der Waals surface area contributed by atoms with Gasteiger partial charge in [0.25, 0.3) is 0 Å². The van der Waals surface area contributed by atoms with E-state index in [0.717, 1.165) is 54.1 Å². The Kier molecular flexibility index (Phi) is 8.98. The molecule has 1 aliphatic carbocycles. The zero-order valence-corrected chi connectivity index (χ0v) is 21.1. The van der Waals surface area contributed by atoms with Crippen LogP contribution in [0.4, 0.5) is 9.18 Å². The molecule has 36 heavy (non-hydrogen) atoms. The highest BCUT2D eigenvalue weighted by Crippen LogP contribution is 2.20. The number of carbonyl (C=O) groups excluding carboxylic acids is 2. The van der Waals surface area contributed by atoms with Crippen LogP contribution in [0.1, 0.15) is 56.6 Å². The second-order valence-corrected chi connectivity index (χ2v) is 9.76. The molecule has 0 unspecified atom stereocenters. The molecule has 4 rings (SSSR count). The van der Waals surface area contributed by atoms with E-state index in [9.17, 15) is 14.0 Å². The fourth-order valence-electron chi connectivity index (χ4n) is 4.99. The number of aromatic nitrogens is 1. The standard InChI is InChI=1S/C29H37FN4O2/c1-2-17-34(29(36)32-25-8-4-3-5-9-25)21-28(35)33(20-22-12-14-24(30)15-13-22)18-16-23-19-31-27-11-7-6-10-26(23)27/h6-7,10-15,19,25,31H,2-5,8-9,16-18,20-21H2,1H3,(H,32,36). The quantitative estimate of drug-likeness (QED) is 0.385. The van der Waals surface area contributed by atoms with Crippen LogP contribution >= 0.6 is 0 Å². The van der Waals surface area contributed by atoms with Crippen molar-refractivity contribution >= 4 is 22.8 Å². The van der Waals surface area contributed by atoms with Crippen LogP contribution in [0.5, 0.6) is 0 Å². The van der Waals surface area contributed by atoms with Gasteiger partial charge in [0.05, 0.1) is 0 Å². The summed E-state index contributed by atoms with van der Waals surface area (Å²) in [6.07, 6.45) is 8.94. The van der Waals surface area contributed by atoms with Crippen molar-refractivity contribution in [1.29, 1.82) is 0 Å². The van der Waals surface area contributed by atoms with E-state index in [0.29, 0.717) is 26.1 Å². The molecule has 6 nitrogen and oxygen atoms in total. The molecule has 0 atom stereocenters. The number of para-hydroxylation sites is 1. The third kappa shape index (κ3) is 6.86. The van der Waals surface area contributed by atoms with Crippen molar-refractivity contribution in [3.05, 3.63) is 71.7 Å². The lowest BCUT2D eigenvalue weighted by Crippen LogP contribution is -2.50. The fraction of sp³-hybridized carbons (Fsp3) is 0.448. The van der Waals surface area contributed by atoms with Crippen molar-refractivity contribution in [3.63, 3.8) is 0 Å². The molecule has 1 aromatic heterocycles. The van der Waals surface area contributed by atoms with Crippen LogP contribution in [0, 0.1) is 5.82 Å².